The molecule has 4 heteroatoms. The van der Waals surface area contributed by atoms with Gasteiger partial charge in [0, 0.05) is 6.20 Å². The summed E-state index contributed by atoms with van der Waals surface area (Å²) in [6.07, 6.45) is 3.38. The molecule has 3 nitrogen and oxygen atoms in total. The SMILES string of the molecule is C[S+]([O-])c1ccc(-c2ccn[nH]2)cc1. The van der Waals surface area contributed by atoms with Crippen LogP contribution < -0.4 is 0 Å². The fourth-order valence-electron chi connectivity index (χ4n) is 1.24. The van der Waals surface area contributed by atoms with Crippen LogP contribution in [0.3, 0.4) is 0 Å². The van der Waals surface area contributed by atoms with Gasteiger partial charge in [-0.3, -0.25) is 5.10 Å². The van der Waals surface area contributed by atoms with Gasteiger partial charge in [-0.2, -0.15) is 5.10 Å². The van der Waals surface area contributed by atoms with Crippen LogP contribution in [0.2, 0.25) is 0 Å². The number of H-pyrrole nitrogens is 1. The van der Waals surface area contributed by atoms with E-state index in [1.54, 1.807) is 12.5 Å². The molecule has 1 heterocycles. The quantitative estimate of drug-likeness (QED) is 0.762. The Bertz CT molecular complexity index is 395. The van der Waals surface area contributed by atoms with Gasteiger partial charge in [0.25, 0.3) is 0 Å². The number of nitrogens with zero attached hydrogens (tertiary/aromatic N) is 1. The Kier molecular flexibility index (Phi) is 2.56. The van der Waals surface area contributed by atoms with Crippen LogP contribution in [0.4, 0.5) is 0 Å². The van der Waals surface area contributed by atoms with Crippen LogP contribution in [0.15, 0.2) is 41.4 Å². The Morgan fingerprint density at radius 3 is 2.43 bits per heavy atom. The van der Waals surface area contributed by atoms with Gasteiger partial charge in [0.05, 0.1) is 5.69 Å². The number of benzene rings is 1. The number of nitrogens with one attached hydrogen (secondary N) is 1. The predicted octanol–water partition coefficient (Wildman–Crippen LogP) is 1.81. The zero-order chi connectivity index (χ0) is 9.97. The van der Waals surface area contributed by atoms with Crippen molar-refractivity contribution in [1.29, 1.82) is 0 Å². The minimum absolute atomic E-state index is 0.841. The number of hydrogen-bond donors (Lipinski definition) is 1. The molecule has 0 fully saturated rings. The Morgan fingerprint density at radius 1 is 1.21 bits per heavy atom. The van der Waals surface area contributed by atoms with Crippen molar-refractivity contribution in [2.75, 3.05) is 6.26 Å². The molecule has 1 atom stereocenters. The Morgan fingerprint density at radius 2 is 1.93 bits per heavy atom. The molecule has 2 rings (SSSR count). The molecular weight excluding hydrogens is 196 g/mol. The van der Waals surface area contributed by atoms with E-state index in [4.69, 9.17) is 0 Å². The van der Waals surface area contributed by atoms with Crippen molar-refractivity contribution in [2.24, 2.45) is 0 Å². The lowest BCUT2D eigenvalue weighted by Gasteiger charge is -2.04. The number of rotatable bonds is 2. The van der Waals surface area contributed by atoms with Gasteiger partial charge in [-0.1, -0.05) is 0 Å². The fourth-order valence-corrected chi connectivity index (χ4v) is 1.76. The largest absolute Gasteiger partial charge is 0.612 e. The Hall–Kier alpha value is -1.26. The van der Waals surface area contributed by atoms with Crippen molar-refractivity contribution in [1.82, 2.24) is 10.2 Å². The molecule has 0 radical (unpaired) electrons. The maximum absolute atomic E-state index is 11.1. The zero-order valence-corrected chi connectivity index (χ0v) is 8.54. The molecule has 0 amide bonds. The van der Waals surface area contributed by atoms with E-state index < -0.39 is 11.2 Å². The van der Waals surface area contributed by atoms with Gasteiger partial charge in [0.15, 0.2) is 4.90 Å². The van der Waals surface area contributed by atoms with Gasteiger partial charge in [0.1, 0.15) is 6.26 Å². The van der Waals surface area contributed by atoms with Crippen molar-refractivity contribution in [2.45, 2.75) is 4.90 Å². The van der Waals surface area contributed by atoms with E-state index in [0.29, 0.717) is 0 Å². The lowest BCUT2D eigenvalue weighted by molar-refractivity contribution is 0.601. The molecular formula is C10H10N2OS. The van der Waals surface area contributed by atoms with Crippen molar-refractivity contribution in [3.8, 4) is 11.3 Å². The Balaban J connectivity index is 2.31. The van der Waals surface area contributed by atoms with Crippen molar-refractivity contribution >= 4 is 11.2 Å². The average molecular weight is 206 g/mol. The van der Waals surface area contributed by atoms with Gasteiger partial charge in [-0.05, 0) is 47.1 Å². The summed E-state index contributed by atoms with van der Waals surface area (Å²) in [7, 11) is 0. The summed E-state index contributed by atoms with van der Waals surface area (Å²) in [6, 6.07) is 9.50. The summed E-state index contributed by atoms with van der Waals surface area (Å²) >= 11 is -0.910. The standard InChI is InChI=1S/C10H10N2OS/c1-14(13)9-4-2-8(3-5-9)10-6-7-11-12-10/h2-7H,1H3,(H,11,12). The zero-order valence-electron chi connectivity index (χ0n) is 7.73. The maximum atomic E-state index is 11.1. The number of aromatic nitrogens is 2. The summed E-state index contributed by atoms with van der Waals surface area (Å²) in [5.74, 6) is 0. The molecule has 0 aliphatic heterocycles. The van der Waals surface area contributed by atoms with Gasteiger partial charge in [-0.15, -0.1) is 0 Å². The molecule has 72 valence electrons. The highest BCUT2D eigenvalue weighted by molar-refractivity contribution is 7.90. The summed E-state index contributed by atoms with van der Waals surface area (Å²) in [6.45, 7) is 0. The van der Waals surface area contributed by atoms with Crippen molar-refractivity contribution < 1.29 is 4.55 Å². The smallest absolute Gasteiger partial charge is 0.152 e. The summed E-state index contributed by atoms with van der Waals surface area (Å²) in [5.41, 5.74) is 2.02. The van der Waals surface area contributed by atoms with E-state index in [0.717, 1.165) is 16.2 Å². The normalized spacial score (nSPS) is 12.7. The first-order valence-electron chi connectivity index (χ1n) is 4.20. The van der Waals surface area contributed by atoms with Crippen LogP contribution in [0, 0.1) is 0 Å². The van der Waals surface area contributed by atoms with Gasteiger partial charge in [-0.25, -0.2) is 0 Å². The van der Waals surface area contributed by atoms with Crippen LogP contribution in [0.5, 0.6) is 0 Å². The highest BCUT2D eigenvalue weighted by Crippen LogP contribution is 2.18. The van der Waals surface area contributed by atoms with Crippen LogP contribution in [0.1, 0.15) is 0 Å². The lowest BCUT2D eigenvalue weighted by Crippen LogP contribution is -1.96. The molecule has 14 heavy (non-hydrogen) atoms. The second kappa shape index (κ2) is 3.86. The molecule has 1 unspecified atom stereocenters. The monoisotopic (exact) mass is 206 g/mol. The van der Waals surface area contributed by atoms with Gasteiger partial charge >= 0.3 is 0 Å². The molecule has 0 aliphatic carbocycles. The molecule has 1 aromatic heterocycles. The minimum Gasteiger partial charge on any atom is -0.612 e. The third kappa shape index (κ3) is 1.81. The first-order valence-corrected chi connectivity index (χ1v) is 5.76. The van der Waals surface area contributed by atoms with Gasteiger partial charge < -0.3 is 4.55 Å². The molecule has 0 saturated heterocycles. The van der Waals surface area contributed by atoms with E-state index in [1.165, 1.54) is 0 Å². The average Bonchev–Trinajstić information content (AvgIpc) is 2.71. The third-order valence-electron chi connectivity index (χ3n) is 2.00. The number of hydrogen-bond acceptors (Lipinski definition) is 2. The molecule has 1 N–H and O–H groups in total. The van der Waals surface area contributed by atoms with Crippen molar-refractivity contribution in [3.63, 3.8) is 0 Å². The first kappa shape index (κ1) is 9.30. The summed E-state index contributed by atoms with van der Waals surface area (Å²) in [4.78, 5) is 0.841. The highest BCUT2D eigenvalue weighted by atomic mass is 32.2. The van der Waals surface area contributed by atoms with Crippen LogP contribution in [0.25, 0.3) is 11.3 Å². The number of aromatic amines is 1. The molecule has 2 aromatic rings. The first-order chi connectivity index (χ1) is 6.77. The topological polar surface area (TPSA) is 51.7 Å². The highest BCUT2D eigenvalue weighted by Gasteiger charge is 2.04. The van der Waals surface area contributed by atoms with E-state index in [9.17, 15) is 4.55 Å². The second-order valence-corrected chi connectivity index (χ2v) is 4.33. The van der Waals surface area contributed by atoms with Crippen LogP contribution in [-0.4, -0.2) is 21.0 Å². The van der Waals surface area contributed by atoms with Crippen molar-refractivity contribution in [3.05, 3.63) is 36.5 Å². The fraction of sp³-hybridized carbons (Fsp3) is 0.100. The van der Waals surface area contributed by atoms with Crippen LogP contribution in [-0.2, 0) is 11.2 Å². The van der Waals surface area contributed by atoms with E-state index >= 15 is 0 Å². The van der Waals surface area contributed by atoms with Gasteiger partial charge in [0.2, 0.25) is 0 Å². The predicted molar refractivity (Wildman–Crippen MR) is 56.4 cm³/mol. The molecule has 0 spiro atoms. The van der Waals surface area contributed by atoms with E-state index in [-0.39, 0.29) is 0 Å². The molecule has 0 aliphatic rings. The third-order valence-corrected chi connectivity index (χ3v) is 2.93. The minimum atomic E-state index is -0.910. The molecule has 0 bridgehead atoms. The van der Waals surface area contributed by atoms with Crippen LogP contribution >= 0.6 is 0 Å². The maximum Gasteiger partial charge on any atom is 0.152 e. The lowest BCUT2D eigenvalue weighted by atomic mass is 10.2. The summed E-state index contributed by atoms with van der Waals surface area (Å²) < 4.78 is 11.1. The second-order valence-electron chi connectivity index (χ2n) is 2.95. The van der Waals surface area contributed by atoms with E-state index in [1.807, 2.05) is 30.3 Å². The molecule has 1 aromatic carbocycles. The Labute approximate surface area is 85.3 Å². The van der Waals surface area contributed by atoms with E-state index in [2.05, 4.69) is 10.2 Å². The summed E-state index contributed by atoms with van der Waals surface area (Å²) in [5, 5.41) is 6.75. The molecule has 0 saturated carbocycles.